The predicted octanol–water partition coefficient (Wildman–Crippen LogP) is 1.19. The summed E-state index contributed by atoms with van der Waals surface area (Å²) in [6.07, 6.45) is 5.21. The molecule has 1 amide bonds. The van der Waals surface area contributed by atoms with Crippen molar-refractivity contribution in [3.63, 3.8) is 0 Å². The Morgan fingerprint density at radius 2 is 1.69 bits per heavy atom. The first kappa shape index (κ1) is 11.8. The number of amides is 1. The van der Waals surface area contributed by atoms with E-state index in [0.29, 0.717) is 6.42 Å². The molecule has 4 nitrogen and oxygen atoms in total. The molecule has 1 aromatic carbocycles. The van der Waals surface area contributed by atoms with Gasteiger partial charge in [0.1, 0.15) is 6.33 Å². The maximum atomic E-state index is 10.4. The van der Waals surface area contributed by atoms with Crippen LogP contribution in [-0.4, -0.2) is 15.9 Å². The Bertz CT molecular complexity index is 376. The second-order valence-electron chi connectivity index (χ2n) is 3.03. The van der Waals surface area contributed by atoms with Crippen molar-refractivity contribution in [2.24, 2.45) is 5.73 Å². The number of primary amides is 1. The smallest absolute Gasteiger partial charge is 0.221 e. The van der Waals surface area contributed by atoms with E-state index < -0.39 is 0 Å². The Balaban J connectivity index is 0.000000181. The van der Waals surface area contributed by atoms with Gasteiger partial charge in [-0.3, -0.25) is 4.79 Å². The zero-order chi connectivity index (χ0) is 11.6. The van der Waals surface area contributed by atoms with E-state index >= 15 is 0 Å². The molecule has 0 saturated carbocycles. The van der Waals surface area contributed by atoms with Crippen molar-refractivity contribution >= 4 is 5.91 Å². The van der Waals surface area contributed by atoms with Gasteiger partial charge >= 0.3 is 0 Å². The first-order valence-electron chi connectivity index (χ1n) is 4.81. The topological polar surface area (TPSA) is 68.9 Å². The quantitative estimate of drug-likeness (QED) is 0.818. The molecule has 2 aromatic rings. The molecular weight excluding hydrogens is 202 g/mol. The molecule has 1 heterocycles. The largest absolute Gasteiger partial charge is 0.369 e. The molecule has 0 aliphatic carbocycles. The molecule has 0 saturated heterocycles. The lowest BCUT2D eigenvalue weighted by Gasteiger charge is -1.93. The van der Waals surface area contributed by atoms with Crippen molar-refractivity contribution in [1.82, 2.24) is 9.97 Å². The molecule has 16 heavy (non-hydrogen) atoms. The summed E-state index contributed by atoms with van der Waals surface area (Å²) in [4.78, 5) is 17.7. The fourth-order valence-electron chi connectivity index (χ4n) is 1.05. The summed E-state index contributed by atoms with van der Waals surface area (Å²) in [5, 5.41) is 0. The summed E-state index contributed by atoms with van der Waals surface area (Å²) < 4.78 is 0. The Morgan fingerprint density at radius 3 is 2.06 bits per heavy atom. The second kappa shape index (κ2) is 7.11. The zero-order valence-corrected chi connectivity index (χ0v) is 8.78. The molecule has 0 radical (unpaired) electrons. The SMILES string of the molecule is NC(=O)Cc1ccccc1.c1cncnc1. The van der Waals surface area contributed by atoms with Crippen molar-refractivity contribution < 1.29 is 4.79 Å². The van der Waals surface area contributed by atoms with Gasteiger partial charge in [-0.15, -0.1) is 0 Å². The maximum absolute atomic E-state index is 10.4. The van der Waals surface area contributed by atoms with E-state index in [4.69, 9.17) is 5.73 Å². The van der Waals surface area contributed by atoms with E-state index in [-0.39, 0.29) is 5.91 Å². The molecule has 0 bridgehead atoms. The van der Waals surface area contributed by atoms with E-state index in [1.807, 2.05) is 30.3 Å². The maximum Gasteiger partial charge on any atom is 0.221 e. The van der Waals surface area contributed by atoms with E-state index in [1.54, 1.807) is 18.5 Å². The molecule has 0 aliphatic heterocycles. The van der Waals surface area contributed by atoms with Crippen molar-refractivity contribution in [3.8, 4) is 0 Å². The lowest BCUT2D eigenvalue weighted by Crippen LogP contribution is -2.13. The van der Waals surface area contributed by atoms with Gasteiger partial charge in [-0.05, 0) is 11.6 Å². The Morgan fingerprint density at radius 1 is 1.06 bits per heavy atom. The predicted molar refractivity (Wildman–Crippen MR) is 61.4 cm³/mol. The van der Waals surface area contributed by atoms with E-state index in [9.17, 15) is 4.79 Å². The summed E-state index contributed by atoms with van der Waals surface area (Å²) in [7, 11) is 0. The van der Waals surface area contributed by atoms with E-state index in [2.05, 4.69) is 9.97 Å². The zero-order valence-electron chi connectivity index (χ0n) is 8.78. The first-order chi connectivity index (χ1) is 7.79. The first-order valence-corrected chi connectivity index (χ1v) is 4.81. The third-order valence-corrected chi connectivity index (χ3v) is 1.70. The van der Waals surface area contributed by atoms with Gasteiger partial charge in [-0.25, -0.2) is 9.97 Å². The number of carbonyl (C=O) groups excluding carboxylic acids is 1. The normalized spacial score (nSPS) is 8.75. The number of rotatable bonds is 2. The average molecular weight is 215 g/mol. The number of hydrogen-bond acceptors (Lipinski definition) is 3. The van der Waals surface area contributed by atoms with Crippen LogP contribution in [0.2, 0.25) is 0 Å². The highest BCUT2D eigenvalue weighted by Crippen LogP contribution is 1.97. The van der Waals surface area contributed by atoms with Gasteiger partial charge in [-0.2, -0.15) is 0 Å². The minimum Gasteiger partial charge on any atom is -0.369 e. The lowest BCUT2D eigenvalue weighted by molar-refractivity contribution is -0.117. The van der Waals surface area contributed by atoms with Crippen LogP contribution in [0.3, 0.4) is 0 Å². The molecule has 0 spiro atoms. The van der Waals surface area contributed by atoms with Gasteiger partial charge in [0.25, 0.3) is 0 Å². The molecule has 2 N–H and O–H groups in total. The molecule has 0 fully saturated rings. The fraction of sp³-hybridized carbons (Fsp3) is 0.0833. The Labute approximate surface area is 94.2 Å². The van der Waals surface area contributed by atoms with Gasteiger partial charge in [0.2, 0.25) is 5.91 Å². The average Bonchev–Trinajstić information content (AvgIpc) is 2.32. The summed E-state index contributed by atoms with van der Waals surface area (Å²) in [5.41, 5.74) is 5.95. The number of benzene rings is 1. The second-order valence-corrected chi connectivity index (χ2v) is 3.03. The van der Waals surface area contributed by atoms with E-state index in [0.717, 1.165) is 5.56 Å². The highest BCUT2D eigenvalue weighted by molar-refractivity contribution is 5.76. The van der Waals surface area contributed by atoms with Gasteiger partial charge < -0.3 is 5.73 Å². The van der Waals surface area contributed by atoms with Gasteiger partial charge in [0, 0.05) is 12.4 Å². The summed E-state index contributed by atoms with van der Waals surface area (Å²) >= 11 is 0. The van der Waals surface area contributed by atoms with Crippen LogP contribution in [0.15, 0.2) is 55.1 Å². The number of aromatic nitrogens is 2. The molecule has 2 rings (SSSR count). The Hall–Kier alpha value is -2.23. The highest BCUT2D eigenvalue weighted by atomic mass is 16.1. The summed E-state index contributed by atoms with van der Waals surface area (Å²) in [6.45, 7) is 0. The highest BCUT2D eigenvalue weighted by Gasteiger charge is 1.94. The van der Waals surface area contributed by atoms with Crippen molar-refractivity contribution in [1.29, 1.82) is 0 Å². The van der Waals surface area contributed by atoms with Crippen LogP contribution in [0, 0.1) is 0 Å². The minimum atomic E-state index is -0.286. The molecule has 0 unspecified atom stereocenters. The van der Waals surface area contributed by atoms with Gasteiger partial charge in [-0.1, -0.05) is 30.3 Å². The Kier molecular flexibility index (Phi) is 5.27. The summed E-state index contributed by atoms with van der Waals surface area (Å²) in [5.74, 6) is -0.286. The van der Waals surface area contributed by atoms with Crippen molar-refractivity contribution in [2.75, 3.05) is 0 Å². The van der Waals surface area contributed by atoms with E-state index in [1.165, 1.54) is 6.33 Å². The van der Waals surface area contributed by atoms with Crippen molar-refractivity contribution in [2.45, 2.75) is 6.42 Å². The van der Waals surface area contributed by atoms with Crippen LogP contribution in [0.25, 0.3) is 0 Å². The third kappa shape index (κ3) is 5.49. The molecular formula is C12H13N3O. The molecule has 0 aliphatic rings. The number of hydrogen-bond donors (Lipinski definition) is 1. The number of nitrogens with two attached hydrogens (primary N) is 1. The van der Waals surface area contributed by atoms with Crippen LogP contribution in [0.1, 0.15) is 5.56 Å². The number of nitrogens with zero attached hydrogens (tertiary/aromatic N) is 2. The monoisotopic (exact) mass is 215 g/mol. The van der Waals surface area contributed by atoms with Crippen LogP contribution >= 0.6 is 0 Å². The van der Waals surface area contributed by atoms with Gasteiger partial charge in [0.15, 0.2) is 0 Å². The summed E-state index contributed by atoms with van der Waals surface area (Å²) in [6, 6.07) is 11.2. The van der Waals surface area contributed by atoms with Crippen LogP contribution in [-0.2, 0) is 11.2 Å². The third-order valence-electron chi connectivity index (χ3n) is 1.70. The molecule has 1 aromatic heterocycles. The van der Waals surface area contributed by atoms with Gasteiger partial charge in [0.05, 0.1) is 6.42 Å². The molecule has 4 heteroatoms. The minimum absolute atomic E-state index is 0.286. The standard InChI is InChI=1S/C8H9NO.C4H4N2/c9-8(10)6-7-4-2-1-3-5-7;1-2-5-4-6-3-1/h1-5H,6H2,(H2,9,10);1-4H. The molecule has 0 atom stereocenters. The van der Waals surface area contributed by atoms with Crippen molar-refractivity contribution in [3.05, 3.63) is 60.7 Å². The molecule has 82 valence electrons. The number of carbonyl (C=O) groups is 1. The van der Waals surface area contributed by atoms with Crippen LogP contribution in [0.5, 0.6) is 0 Å². The fourth-order valence-corrected chi connectivity index (χ4v) is 1.05. The van der Waals surface area contributed by atoms with Crippen LogP contribution in [0.4, 0.5) is 0 Å². The lowest BCUT2D eigenvalue weighted by atomic mass is 10.1. The van der Waals surface area contributed by atoms with Crippen LogP contribution < -0.4 is 5.73 Å².